The third-order valence-corrected chi connectivity index (χ3v) is 11.2. The molecule has 0 bridgehead atoms. The normalized spacial score (nSPS) is 12.1. The minimum Gasteiger partial charge on any atom is -0.307 e. The standard InChI is InChI=1S/C50H30N4/c1-4-17-31(18-5-1)42-44-36-24-10-11-25-37(36)48-45-43-35(34-23-12-15-29-40(34)53(49(44)45)47(42)33-21-8-3-9-22-33)26-16-30-41(43)54(48)50-46(32-19-6-2-7-20-32)51-38-27-13-14-28-39(38)52-50/h1-30H. The van der Waals surface area contributed by atoms with Crippen LogP contribution in [0.5, 0.6) is 0 Å². The van der Waals surface area contributed by atoms with Crippen molar-refractivity contribution in [3.05, 3.63) is 182 Å². The molecule has 0 fully saturated rings. The van der Waals surface area contributed by atoms with E-state index in [0.29, 0.717) is 0 Å². The van der Waals surface area contributed by atoms with E-state index in [0.717, 1.165) is 39.1 Å². The molecule has 54 heavy (non-hydrogen) atoms. The molecule has 0 unspecified atom stereocenters. The lowest BCUT2D eigenvalue weighted by Gasteiger charge is -2.15. The fourth-order valence-corrected chi connectivity index (χ4v) is 9.08. The van der Waals surface area contributed by atoms with Gasteiger partial charge in [0.15, 0.2) is 5.82 Å². The average molecular weight is 687 g/mol. The summed E-state index contributed by atoms with van der Waals surface area (Å²) < 4.78 is 4.97. The van der Waals surface area contributed by atoms with Crippen molar-refractivity contribution in [3.8, 4) is 39.5 Å². The summed E-state index contributed by atoms with van der Waals surface area (Å²) in [6.07, 6.45) is 0. The van der Waals surface area contributed by atoms with E-state index >= 15 is 0 Å². The highest BCUT2D eigenvalue weighted by Gasteiger charge is 2.30. The molecule has 0 atom stereocenters. The molecule has 12 rings (SSSR count). The molecule has 4 aromatic heterocycles. The van der Waals surface area contributed by atoms with Gasteiger partial charge < -0.3 is 4.40 Å². The van der Waals surface area contributed by atoms with Crippen LogP contribution in [0.2, 0.25) is 0 Å². The summed E-state index contributed by atoms with van der Waals surface area (Å²) in [4.78, 5) is 10.9. The maximum Gasteiger partial charge on any atom is 0.165 e. The zero-order chi connectivity index (χ0) is 35.3. The van der Waals surface area contributed by atoms with Crippen LogP contribution < -0.4 is 0 Å². The van der Waals surface area contributed by atoms with Gasteiger partial charge in [0, 0.05) is 38.1 Å². The maximum absolute atomic E-state index is 5.51. The lowest BCUT2D eigenvalue weighted by molar-refractivity contribution is 1.08. The maximum atomic E-state index is 5.51. The Hall–Kier alpha value is -7.30. The molecule has 0 saturated carbocycles. The van der Waals surface area contributed by atoms with Crippen LogP contribution in [0, 0.1) is 0 Å². The second kappa shape index (κ2) is 11.1. The number of nitrogens with zero attached hydrogens (tertiary/aromatic N) is 4. The number of aromatic nitrogens is 4. The topological polar surface area (TPSA) is 35.1 Å². The van der Waals surface area contributed by atoms with Gasteiger partial charge in [-0.15, -0.1) is 0 Å². The first-order valence-corrected chi connectivity index (χ1v) is 18.4. The number of rotatable bonds is 4. The summed E-state index contributed by atoms with van der Waals surface area (Å²) in [5.74, 6) is 0.820. The van der Waals surface area contributed by atoms with E-state index in [4.69, 9.17) is 9.97 Å². The first-order valence-electron chi connectivity index (χ1n) is 18.4. The number of benzene rings is 8. The van der Waals surface area contributed by atoms with E-state index < -0.39 is 0 Å². The monoisotopic (exact) mass is 686 g/mol. The van der Waals surface area contributed by atoms with Gasteiger partial charge in [-0.1, -0.05) is 158 Å². The molecular formula is C50H30N4. The van der Waals surface area contributed by atoms with Crippen molar-refractivity contribution in [3.63, 3.8) is 0 Å². The second-order valence-corrected chi connectivity index (χ2v) is 14.1. The van der Waals surface area contributed by atoms with Crippen molar-refractivity contribution >= 4 is 70.8 Å². The largest absolute Gasteiger partial charge is 0.307 e. The van der Waals surface area contributed by atoms with Crippen molar-refractivity contribution < 1.29 is 0 Å². The fourth-order valence-electron chi connectivity index (χ4n) is 9.08. The van der Waals surface area contributed by atoms with Gasteiger partial charge in [0.2, 0.25) is 0 Å². The van der Waals surface area contributed by atoms with Crippen LogP contribution in [0.3, 0.4) is 0 Å². The molecule has 0 aliphatic rings. The molecule has 0 amide bonds. The van der Waals surface area contributed by atoms with Gasteiger partial charge in [-0.2, -0.15) is 0 Å². The van der Waals surface area contributed by atoms with Crippen LogP contribution in [-0.2, 0) is 0 Å². The molecule has 4 heterocycles. The molecule has 0 aliphatic heterocycles. The third kappa shape index (κ3) is 3.91. The molecule has 0 saturated heterocycles. The second-order valence-electron chi connectivity index (χ2n) is 14.1. The van der Waals surface area contributed by atoms with Crippen molar-refractivity contribution in [2.24, 2.45) is 0 Å². The van der Waals surface area contributed by atoms with E-state index in [1.165, 1.54) is 71.1 Å². The van der Waals surface area contributed by atoms with Gasteiger partial charge in [-0.25, -0.2) is 9.97 Å². The van der Waals surface area contributed by atoms with Gasteiger partial charge in [-0.3, -0.25) is 4.57 Å². The predicted molar refractivity (Wildman–Crippen MR) is 225 cm³/mol. The summed E-state index contributed by atoms with van der Waals surface area (Å²) in [5.41, 5.74) is 13.0. The first kappa shape index (κ1) is 29.3. The SMILES string of the molecule is c1ccc(-c2nc3ccccc3nc2-n2c3cccc4c5ccccc5n5c(-c6ccccc6)c(-c6ccccc6)c6c7ccccc7c2c(c43)c65)cc1. The molecule has 4 nitrogen and oxygen atoms in total. The molecule has 4 heteroatoms. The zero-order valence-corrected chi connectivity index (χ0v) is 29.1. The Balaban J connectivity index is 1.42. The summed E-state index contributed by atoms with van der Waals surface area (Å²) in [7, 11) is 0. The van der Waals surface area contributed by atoms with Gasteiger partial charge in [0.25, 0.3) is 0 Å². The third-order valence-electron chi connectivity index (χ3n) is 11.2. The van der Waals surface area contributed by atoms with Gasteiger partial charge in [0.05, 0.1) is 38.8 Å². The average Bonchev–Trinajstić information content (AvgIpc) is 3.75. The molecule has 0 N–H and O–H groups in total. The van der Waals surface area contributed by atoms with Crippen molar-refractivity contribution in [1.82, 2.24) is 18.9 Å². The molecule has 0 radical (unpaired) electrons. The van der Waals surface area contributed by atoms with Gasteiger partial charge >= 0.3 is 0 Å². The Morgan fingerprint density at radius 1 is 0.352 bits per heavy atom. The number of hydrogen-bond donors (Lipinski definition) is 0. The zero-order valence-electron chi connectivity index (χ0n) is 29.1. The summed E-state index contributed by atoms with van der Waals surface area (Å²) in [6.45, 7) is 0. The number of fused-ring (bicyclic) bond motifs is 7. The van der Waals surface area contributed by atoms with Gasteiger partial charge in [-0.05, 0) is 46.2 Å². The highest BCUT2D eigenvalue weighted by atomic mass is 15.1. The smallest absolute Gasteiger partial charge is 0.165 e. The highest BCUT2D eigenvalue weighted by Crippen LogP contribution is 2.52. The van der Waals surface area contributed by atoms with Crippen LogP contribution >= 0.6 is 0 Å². The first-order chi connectivity index (χ1) is 26.8. The Labute approximate surface area is 310 Å². The van der Waals surface area contributed by atoms with Crippen molar-refractivity contribution in [2.45, 2.75) is 0 Å². The van der Waals surface area contributed by atoms with Gasteiger partial charge in [0.1, 0.15) is 5.69 Å². The van der Waals surface area contributed by atoms with Crippen molar-refractivity contribution in [1.29, 1.82) is 0 Å². The molecule has 250 valence electrons. The molecule has 8 aromatic carbocycles. The highest BCUT2D eigenvalue weighted by molar-refractivity contribution is 6.39. The molecule has 0 aliphatic carbocycles. The van der Waals surface area contributed by atoms with E-state index in [2.05, 4.69) is 179 Å². The fraction of sp³-hybridized carbons (Fsp3) is 0. The van der Waals surface area contributed by atoms with E-state index in [1.54, 1.807) is 0 Å². The summed E-state index contributed by atoms with van der Waals surface area (Å²) in [6, 6.07) is 65.2. The molecule has 12 aromatic rings. The Morgan fingerprint density at radius 3 is 1.63 bits per heavy atom. The lowest BCUT2D eigenvalue weighted by atomic mass is 9.93. The predicted octanol–water partition coefficient (Wildman–Crippen LogP) is 12.9. The molecular weight excluding hydrogens is 657 g/mol. The summed E-state index contributed by atoms with van der Waals surface area (Å²) >= 11 is 0. The van der Waals surface area contributed by atoms with Crippen LogP contribution in [-0.4, -0.2) is 18.9 Å². The van der Waals surface area contributed by atoms with Crippen LogP contribution in [0.1, 0.15) is 0 Å². The van der Waals surface area contributed by atoms with Crippen LogP contribution in [0.25, 0.3) is 110 Å². The van der Waals surface area contributed by atoms with E-state index in [1.807, 2.05) is 12.1 Å². The quantitative estimate of drug-likeness (QED) is 0.185. The van der Waals surface area contributed by atoms with Crippen molar-refractivity contribution in [2.75, 3.05) is 0 Å². The summed E-state index contributed by atoms with van der Waals surface area (Å²) in [5, 5.41) is 8.48. The Morgan fingerprint density at radius 2 is 0.889 bits per heavy atom. The minimum atomic E-state index is 0.820. The van der Waals surface area contributed by atoms with E-state index in [-0.39, 0.29) is 0 Å². The lowest BCUT2D eigenvalue weighted by Crippen LogP contribution is -2.04. The minimum absolute atomic E-state index is 0.820. The number of hydrogen-bond acceptors (Lipinski definition) is 2. The Bertz CT molecular complexity index is 3410. The van der Waals surface area contributed by atoms with E-state index in [9.17, 15) is 0 Å². The molecule has 0 spiro atoms. The Kier molecular flexibility index (Phi) is 6.02. The van der Waals surface area contributed by atoms with Crippen LogP contribution in [0.4, 0.5) is 0 Å². The van der Waals surface area contributed by atoms with Crippen LogP contribution in [0.15, 0.2) is 182 Å². The number of para-hydroxylation sites is 3.